The van der Waals surface area contributed by atoms with E-state index in [2.05, 4.69) is 158 Å². The molecule has 0 saturated heterocycles. The third kappa shape index (κ3) is 5.74. The Kier molecular flexibility index (Phi) is 7.97. The zero-order valence-electron chi connectivity index (χ0n) is 27.0. The van der Waals surface area contributed by atoms with Crippen molar-refractivity contribution < 1.29 is 26.1 Å². The summed E-state index contributed by atoms with van der Waals surface area (Å²) in [7, 11) is -5.84. The van der Waals surface area contributed by atoms with Crippen LogP contribution in [0.3, 0.4) is 0 Å². The number of benzene rings is 8. The third-order valence-corrected chi connectivity index (χ3v) is 10.2. The van der Waals surface area contributed by atoms with Gasteiger partial charge in [-0.25, -0.2) is 0 Å². The molecular weight excluding hydrogens is 666 g/mol. The highest BCUT2D eigenvalue weighted by molar-refractivity contribution is 7.86. The molecule has 0 amide bonds. The van der Waals surface area contributed by atoms with Crippen LogP contribution in [0.15, 0.2) is 158 Å². The molecule has 7 heteroatoms. The Morgan fingerprint density at radius 3 is 1.37 bits per heavy atom. The highest BCUT2D eigenvalue weighted by Crippen LogP contribution is 2.53. The fourth-order valence-corrected chi connectivity index (χ4v) is 7.41. The Balaban J connectivity index is 0.000000421. The number of rotatable bonds is 3. The molecule has 0 aliphatic heterocycles. The molecule has 1 aliphatic rings. The van der Waals surface area contributed by atoms with E-state index in [4.69, 9.17) is 13.0 Å². The predicted octanol–water partition coefficient (Wildman–Crippen LogP) is 12.1. The number of hydrogen-bond donors (Lipinski definition) is 1. The molecule has 0 bridgehead atoms. The average molecular weight is 695 g/mol. The van der Waals surface area contributed by atoms with Gasteiger partial charge >= 0.3 is 15.6 Å². The van der Waals surface area contributed by atoms with Gasteiger partial charge in [0.25, 0.3) is 0 Å². The number of alkyl halides is 3. The molecule has 8 aromatic rings. The van der Waals surface area contributed by atoms with E-state index < -0.39 is 15.6 Å². The maximum absolute atomic E-state index is 10.7. The van der Waals surface area contributed by atoms with Gasteiger partial charge in [-0.1, -0.05) is 152 Å². The van der Waals surface area contributed by atoms with Gasteiger partial charge in [0.1, 0.15) is 0 Å². The lowest BCUT2D eigenvalue weighted by molar-refractivity contribution is -0.0510. The van der Waals surface area contributed by atoms with Crippen LogP contribution < -0.4 is 0 Å². The molecule has 0 fully saturated rings. The lowest BCUT2D eigenvalue weighted by Crippen LogP contribution is -2.21. The van der Waals surface area contributed by atoms with Crippen LogP contribution in [0.1, 0.15) is 11.1 Å². The predicted molar refractivity (Wildman–Crippen MR) is 201 cm³/mol. The van der Waals surface area contributed by atoms with Gasteiger partial charge in [-0.3, -0.25) is 4.55 Å². The quantitative estimate of drug-likeness (QED) is 0.148. The van der Waals surface area contributed by atoms with Crippen LogP contribution in [-0.4, -0.2) is 18.5 Å². The van der Waals surface area contributed by atoms with Gasteiger partial charge in [0.05, 0.1) is 0 Å². The minimum atomic E-state index is -5.84. The van der Waals surface area contributed by atoms with E-state index in [9.17, 15) is 13.2 Å². The second-order valence-electron chi connectivity index (χ2n) is 12.5. The molecule has 0 heterocycles. The van der Waals surface area contributed by atoms with Crippen LogP contribution in [0, 0.1) is 0 Å². The number of hydrogen-bond acceptors (Lipinski definition) is 2. The summed E-state index contributed by atoms with van der Waals surface area (Å²) in [5.74, 6) is 0. The van der Waals surface area contributed by atoms with Crippen molar-refractivity contribution in [1.82, 2.24) is 0 Å². The Bertz CT molecular complexity index is 2740. The van der Waals surface area contributed by atoms with Crippen molar-refractivity contribution in [3.63, 3.8) is 0 Å². The Hall–Kier alpha value is -5.76. The maximum Gasteiger partial charge on any atom is 0.522 e. The monoisotopic (exact) mass is 694 g/mol. The van der Waals surface area contributed by atoms with Crippen LogP contribution in [-0.2, 0) is 16.5 Å². The van der Waals surface area contributed by atoms with Gasteiger partial charge in [0.2, 0.25) is 0 Å². The van der Waals surface area contributed by atoms with E-state index in [1.54, 1.807) is 0 Å². The first-order chi connectivity index (χ1) is 24.6. The molecule has 0 aromatic heterocycles. The summed E-state index contributed by atoms with van der Waals surface area (Å²) in [6.45, 7) is 0. The highest BCUT2D eigenvalue weighted by Gasteiger charge is 2.44. The smallest absolute Gasteiger partial charge is 0.279 e. The van der Waals surface area contributed by atoms with Crippen molar-refractivity contribution in [3.8, 4) is 44.5 Å². The summed E-state index contributed by atoms with van der Waals surface area (Å²) < 4.78 is 57.5. The summed E-state index contributed by atoms with van der Waals surface area (Å²) in [5, 5.41) is 7.64. The van der Waals surface area contributed by atoms with E-state index in [0.717, 1.165) is 6.42 Å². The molecule has 9 rings (SSSR count). The number of fused-ring (bicyclic) bond motifs is 6. The molecule has 8 aromatic carbocycles. The lowest BCUT2D eigenvalue weighted by Gasteiger charge is -2.23. The highest BCUT2D eigenvalue weighted by atomic mass is 32.2. The van der Waals surface area contributed by atoms with Crippen molar-refractivity contribution in [2.45, 2.75) is 11.9 Å². The minimum Gasteiger partial charge on any atom is -0.279 e. The van der Waals surface area contributed by atoms with Crippen LogP contribution >= 0.6 is 0 Å². The van der Waals surface area contributed by atoms with E-state index in [0.29, 0.717) is 0 Å². The first kappa shape index (κ1) is 32.4. The molecule has 0 unspecified atom stereocenters. The van der Waals surface area contributed by atoms with Gasteiger partial charge < -0.3 is 0 Å². The second kappa shape index (κ2) is 12.5. The molecule has 3 nitrogen and oxygen atoms in total. The van der Waals surface area contributed by atoms with E-state index >= 15 is 0 Å². The zero-order valence-corrected chi connectivity index (χ0v) is 27.8. The molecule has 1 N–H and O–H groups in total. The molecule has 0 radical (unpaired) electrons. The van der Waals surface area contributed by atoms with Crippen LogP contribution in [0.4, 0.5) is 13.2 Å². The second-order valence-corrected chi connectivity index (χ2v) is 13.9. The molecule has 0 atom stereocenters. The molecule has 1 aliphatic carbocycles. The van der Waals surface area contributed by atoms with Gasteiger partial charge in [0.15, 0.2) is 0 Å². The third-order valence-electron chi connectivity index (χ3n) is 9.60. The average Bonchev–Trinajstić information content (AvgIpc) is 3.51. The molecular formula is C44H29F3O3S. The van der Waals surface area contributed by atoms with Crippen LogP contribution in [0.2, 0.25) is 0 Å². The zero-order chi connectivity index (χ0) is 35.3. The summed E-state index contributed by atoms with van der Waals surface area (Å²) >= 11 is 0. The number of halogens is 3. The van der Waals surface area contributed by atoms with E-state index in [1.165, 1.54) is 88.0 Å². The Labute approximate surface area is 293 Å². The first-order valence-electron chi connectivity index (χ1n) is 16.4. The van der Waals surface area contributed by atoms with Crippen molar-refractivity contribution >= 4 is 42.4 Å². The van der Waals surface area contributed by atoms with Crippen LogP contribution in [0.5, 0.6) is 0 Å². The maximum atomic E-state index is 10.7. The van der Waals surface area contributed by atoms with Crippen molar-refractivity contribution in [3.05, 3.63) is 169 Å². The SMILES string of the molecule is O=S(=O)(O)C(F)(F)F.c1ccc2c(c1)Cc1c-2cc(-c2cccc3ccccc23)c(-c2cccc3ccccc23)c1-c1cccc2ccccc12. The summed E-state index contributed by atoms with van der Waals surface area (Å²) in [5.41, 5.74) is 7.79. The minimum absolute atomic E-state index is 0.928. The fraction of sp³-hybridized carbons (Fsp3) is 0.0455. The standard InChI is InChI=1S/C43H28.CHF3O3S/c1-5-19-32-28(12-1)16-9-23-36(32)41-27-39-35-22-8-4-15-31(35)26-40(39)42(37-24-10-17-29-13-2-6-20-33(29)37)43(41)38-25-11-18-30-14-3-7-21-34(30)38;2-1(3,4)8(5,6)7/h1-25,27H,26H2;(H,5,6,7). The summed E-state index contributed by atoms with van der Waals surface area (Å²) in [4.78, 5) is 0. The van der Waals surface area contributed by atoms with Gasteiger partial charge in [-0.05, 0) is 100 Å². The largest absolute Gasteiger partial charge is 0.522 e. The lowest BCUT2D eigenvalue weighted by atomic mass is 9.79. The van der Waals surface area contributed by atoms with Crippen LogP contribution in [0.25, 0.3) is 76.8 Å². The summed E-state index contributed by atoms with van der Waals surface area (Å²) in [6, 6.07) is 58.3. The summed E-state index contributed by atoms with van der Waals surface area (Å²) in [6.07, 6.45) is 0.928. The normalized spacial score (nSPS) is 12.4. The van der Waals surface area contributed by atoms with Crippen molar-refractivity contribution in [2.75, 3.05) is 0 Å². The molecule has 0 saturated carbocycles. The van der Waals surface area contributed by atoms with Gasteiger partial charge in [-0.15, -0.1) is 0 Å². The van der Waals surface area contributed by atoms with Crippen molar-refractivity contribution in [2.24, 2.45) is 0 Å². The molecule has 250 valence electrons. The van der Waals surface area contributed by atoms with E-state index in [1.807, 2.05) is 0 Å². The fourth-order valence-electron chi connectivity index (χ4n) is 7.41. The topological polar surface area (TPSA) is 54.4 Å². The van der Waals surface area contributed by atoms with E-state index in [-0.39, 0.29) is 0 Å². The first-order valence-corrected chi connectivity index (χ1v) is 17.8. The molecule has 51 heavy (non-hydrogen) atoms. The van der Waals surface area contributed by atoms with Crippen molar-refractivity contribution in [1.29, 1.82) is 0 Å². The Morgan fingerprint density at radius 1 is 0.451 bits per heavy atom. The molecule has 0 spiro atoms. The van der Waals surface area contributed by atoms with Gasteiger partial charge in [-0.2, -0.15) is 21.6 Å². The Morgan fingerprint density at radius 2 is 0.843 bits per heavy atom. The van der Waals surface area contributed by atoms with Gasteiger partial charge in [0, 0.05) is 0 Å².